The van der Waals surface area contributed by atoms with E-state index in [1.54, 1.807) is 7.11 Å². The molecule has 4 aromatic carbocycles. The Morgan fingerprint density at radius 2 is 1.12 bits per heavy atom. The van der Waals surface area contributed by atoms with Crippen LogP contribution in [0, 0.1) is 0 Å². The lowest BCUT2D eigenvalue weighted by Gasteiger charge is -2.30. The molecule has 69 heavy (non-hydrogen) atoms. The fraction of sp³-hybridized carbons (Fsp3) is 0.426. The van der Waals surface area contributed by atoms with Gasteiger partial charge in [0.25, 0.3) is 0 Å². The molecule has 2 bridgehead atoms. The second kappa shape index (κ2) is 25.7. The molecule has 9 rings (SSSR count). The maximum absolute atomic E-state index is 6.74. The molecule has 1 fully saturated rings. The SMILES string of the molecule is COCCOc1cc(-c2c3ccc(=[N+](C)C)cc-3oc3cc(N(C)C)ccc23)ccc1N1CCOc2ccccc2N2CCOCCOCCN(CCOCCOCC2)c2ccccc2OCC1.[Cl-]. The molecule has 5 aliphatic rings. The smallest absolute Gasteiger partial charge is 0.203 e. The molecule has 1 aliphatic carbocycles. The molecule has 0 saturated carbocycles. The number of fused-ring (bicyclic) bond motifs is 22. The van der Waals surface area contributed by atoms with Gasteiger partial charge in [-0.2, -0.15) is 0 Å². The lowest BCUT2D eigenvalue weighted by molar-refractivity contribution is -0.0000172. The van der Waals surface area contributed by atoms with E-state index >= 15 is 0 Å². The number of hydrogen-bond acceptors (Lipinski definition) is 13. The van der Waals surface area contributed by atoms with Crippen LogP contribution in [0.4, 0.5) is 22.7 Å². The third-order valence-electron chi connectivity index (χ3n) is 12.3. The van der Waals surface area contributed by atoms with Crippen molar-refractivity contribution in [3.05, 3.63) is 108 Å². The second-order valence-corrected chi connectivity index (χ2v) is 17.2. The highest BCUT2D eigenvalue weighted by Crippen LogP contribution is 2.43. The Labute approximate surface area is 413 Å². The summed E-state index contributed by atoms with van der Waals surface area (Å²) < 4.78 is 58.9. The summed E-state index contributed by atoms with van der Waals surface area (Å²) in [7, 11) is 9.86. The van der Waals surface area contributed by atoms with E-state index in [0.717, 1.165) is 78.8 Å². The van der Waals surface area contributed by atoms with Gasteiger partial charge in [-0.25, -0.2) is 4.58 Å². The molecule has 0 atom stereocenters. The molecule has 0 unspecified atom stereocenters. The molecule has 0 radical (unpaired) electrons. The summed E-state index contributed by atoms with van der Waals surface area (Å²) in [6, 6.07) is 35.7. The van der Waals surface area contributed by atoms with Gasteiger partial charge in [0.1, 0.15) is 62.5 Å². The van der Waals surface area contributed by atoms with Gasteiger partial charge >= 0.3 is 0 Å². The van der Waals surface area contributed by atoms with E-state index in [2.05, 4.69) is 90.9 Å². The highest BCUT2D eigenvalue weighted by molar-refractivity contribution is 6.03. The summed E-state index contributed by atoms with van der Waals surface area (Å²) in [5, 5.41) is 2.06. The maximum Gasteiger partial charge on any atom is 0.203 e. The highest BCUT2D eigenvalue weighted by Gasteiger charge is 2.23. The minimum atomic E-state index is 0. The number of para-hydroxylation sites is 4. The zero-order chi connectivity index (χ0) is 47.1. The maximum atomic E-state index is 6.74. The number of hydrogen-bond donors (Lipinski definition) is 0. The summed E-state index contributed by atoms with van der Waals surface area (Å²) in [6.45, 7) is 9.47. The van der Waals surface area contributed by atoms with Crippen LogP contribution in [0.15, 0.2) is 108 Å². The molecule has 14 nitrogen and oxygen atoms in total. The van der Waals surface area contributed by atoms with Crippen LogP contribution in [-0.2, 0) is 23.7 Å². The van der Waals surface area contributed by atoms with E-state index in [-0.39, 0.29) is 12.4 Å². The molecular formula is C54H68ClN5O9. The summed E-state index contributed by atoms with van der Waals surface area (Å²) in [5.41, 5.74) is 7.82. The van der Waals surface area contributed by atoms with Crippen LogP contribution in [0.2, 0.25) is 0 Å². The number of benzene rings is 5. The molecule has 4 aliphatic heterocycles. The van der Waals surface area contributed by atoms with Crippen LogP contribution in [-0.4, -0.2) is 154 Å². The van der Waals surface area contributed by atoms with E-state index < -0.39 is 0 Å². The van der Waals surface area contributed by atoms with Gasteiger partial charge in [-0.3, -0.25) is 0 Å². The predicted octanol–water partition coefficient (Wildman–Crippen LogP) is 4.00. The molecule has 0 aromatic heterocycles. The number of rotatable bonds is 7. The summed E-state index contributed by atoms with van der Waals surface area (Å²) >= 11 is 0. The Morgan fingerprint density at radius 1 is 0.565 bits per heavy atom. The third kappa shape index (κ3) is 13.3. The standard InChI is InChI=1S/C54H68N5O9.ClH/c1-55(2)42-15-17-44-51(39-42)68-52-40-43(56(3)4)16-18-45(52)54(44)41-14-19-48(53(38-41)67-37-32-60-5)59-24-30-65-49-12-8-6-10-46(49)57-20-26-61-33-35-63-28-22-58(23-29-64-36-34-62-27-21-57)47-11-7-9-13-50(47)66-31-25-59;/h6-19,38-40H,20-37H2,1-5H3;1H/q+1;/p-1. The number of methoxy groups -OCH3 is 1. The fourth-order valence-corrected chi connectivity index (χ4v) is 8.63. The average molecular weight is 967 g/mol. The molecule has 0 amide bonds. The summed E-state index contributed by atoms with van der Waals surface area (Å²) in [5.74, 6) is 3.10. The van der Waals surface area contributed by atoms with Gasteiger partial charge in [-0.1, -0.05) is 30.3 Å². The molecule has 0 spiro atoms. The van der Waals surface area contributed by atoms with Crippen molar-refractivity contribution in [1.82, 2.24) is 4.58 Å². The van der Waals surface area contributed by atoms with Crippen molar-refractivity contribution in [2.75, 3.05) is 173 Å². The van der Waals surface area contributed by atoms with Crippen LogP contribution in [0.5, 0.6) is 17.2 Å². The molecule has 4 aromatic rings. The first-order valence-electron chi connectivity index (χ1n) is 23.8. The Kier molecular flexibility index (Phi) is 19.1. The fourth-order valence-electron chi connectivity index (χ4n) is 8.63. The first-order chi connectivity index (χ1) is 33.4. The molecule has 4 heterocycles. The quantitative estimate of drug-likeness (QED) is 0.0999. The molecular weight excluding hydrogens is 898 g/mol. The van der Waals surface area contributed by atoms with Gasteiger partial charge in [0, 0.05) is 81.7 Å². The normalized spacial score (nSPS) is 16.1. The lowest BCUT2D eigenvalue weighted by Crippen LogP contribution is -3.00. The van der Waals surface area contributed by atoms with Crippen molar-refractivity contribution in [1.29, 1.82) is 0 Å². The molecule has 1 saturated heterocycles. The predicted molar refractivity (Wildman–Crippen MR) is 271 cm³/mol. The van der Waals surface area contributed by atoms with Crippen LogP contribution >= 0.6 is 0 Å². The van der Waals surface area contributed by atoms with Gasteiger partial charge in [0.2, 0.25) is 5.36 Å². The van der Waals surface area contributed by atoms with E-state index in [0.29, 0.717) is 119 Å². The van der Waals surface area contributed by atoms with Crippen molar-refractivity contribution in [3.8, 4) is 39.7 Å². The van der Waals surface area contributed by atoms with Crippen LogP contribution in [0.3, 0.4) is 0 Å². The van der Waals surface area contributed by atoms with Crippen LogP contribution in [0.25, 0.3) is 33.4 Å². The Bertz CT molecular complexity index is 2490. The van der Waals surface area contributed by atoms with E-state index in [1.807, 2.05) is 64.6 Å². The largest absolute Gasteiger partial charge is 1.00 e. The third-order valence-corrected chi connectivity index (χ3v) is 12.3. The summed E-state index contributed by atoms with van der Waals surface area (Å²) in [6.07, 6.45) is 0. The first-order valence-corrected chi connectivity index (χ1v) is 23.8. The molecule has 15 heteroatoms. The van der Waals surface area contributed by atoms with Gasteiger partial charge in [0.05, 0.1) is 95.7 Å². The van der Waals surface area contributed by atoms with Gasteiger partial charge < -0.3 is 74.3 Å². The Hall–Kier alpha value is -5.74. The van der Waals surface area contributed by atoms with Gasteiger partial charge in [-0.15, -0.1) is 0 Å². The van der Waals surface area contributed by atoms with Crippen molar-refractivity contribution in [3.63, 3.8) is 0 Å². The minimum Gasteiger partial charge on any atom is -1.00 e. The molecule has 0 N–H and O–H groups in total. The number of nitrogens with zero attached hydrogens (tertiary/aromatic N) is 5. The van der Waals surface area contributed by atoms with E-state index in [4.69, 9.17) is 42.3 Å². The van der Waals surface area contributed by atoms with Crippen molar-refractivity contribution in [2.24, 2.45) is 0 Å². The van der Waals surface area contributed by atoms with Crippen molar-refractivity contribution >= 4 is 33.7 Å². The highest BCUT2D eigenvalue weighted by atomic mass is 35.5. The lowest BCUT2D eigenvalue weighted by atomic mass is 9.93. The Morgan fingerprint density at radius 3 is 1.67 bits per heavy atom. The summed E-state index contributed by atoms with van der Waals surface area (Å²) in [4.78, 5) is 8.94. The number of ether oxygens (including phenoxy) is 8. The first kappa shape index (κ1) is 51.1. The van der Waals surface area contributed by atoms with Crippen LogP contribution in [0.1, 0.15) is 0 Å². The van der Waals surface area contributed by atoms with Gasteiger partial charge in [0.15, 0.2) is 0 Å². The number of anilines is 4. The Balaban J connectivity index is 0.00000703. The topological polar surface area (TPSA) is 103 Å². The van der Waals surface area contributed by atoms with Gasteiger partial charge in [-0.05, 0) is 60.2 Å². The average Bonchev–Trinajstić information content (AvgIpc) is 3.35. The monoisotopic (exact) mass is 965 g/mol. The van der Waals surface area contributed by atoms with Crippen molar-refractivity contribution < 1.29 is 54.7 Å². The van der Waals surface area contributed by atoms with Crippen molar-refractivity contribution in [2.45, 2.75) is 0 Å². The molecule has 370 valence electrons. The van der Waals surface area contributed by atoms with E-state index in [1.165, 1.54) is 0 Å². The van der Waals surface area contributed by atoms with Crippen LogP contribution < -0.4 is 56.2 Å². The zero-order valence-corrected chi connectivity index (χ0v) is 41.6. The second-order valence-electron chi connectivity index (χ2n) is 17.2. The zero-order valence-electron chi connectivity index (χ0n) is 40.8. The number of halogens is 1. The minimum absolute atomic E-state index is 0. The van der Waals surface area contributed by atoms with E-state index in [9.17, 15) is 0 Å².